The van der Waals surface area contributed by atoms with Gasteiger partial charge in [0.05, 0.1) is 22.4 Å². The van der Waals surface area contributed by atoms with E-state index in [0.29, 0.717) is 11.5 Å². The summed E-state index contributed by atoms with van der Waals surface area (Å²) in [7, 11) is 3.94. The van der Waals surface area contributed by atoms with Crippen LogP contribution >= 0.6 is 0 Å². The molecule has 6 rings (SSSR count). The summed E-state index contributed by atoms with van der Waals surface area (Å²) in [6, 6.07) is 35.3. The van der Waals surface area contributed by atoms with Crippen LogP contribution in [0.5, 0.6) is 11.5 Å². The molecule has 6 aromatic rings. The molecule has 0 aliphatic rings. The third kappa shape index (κ3) is 9.43. The summed E-state index contributed by atoms with van der Waals surface area (Å²) in [5.41, 5.74) is 7.60. The normalized spacial score (nSPS) is 12.1. The lowest BCUT2D eigenvalue weighted by atomic mass is 10.1. The van der Waals surface area contributed by atoms with Crippen LogP contribution in [0.1, 0.15) is 6.92 Å². The number of pyridine rings is 2. The van der Waals surface area contributed by atoms with E-state index < -0.39 is 25.6 Å². The summed E-state index contributed by atoms with van der Waals surface area (Å²) in [6.45, 7) is 1.28. The molecular weight excluding hydrogens is 638 g/mol. The number of halogens is 2. The van der Waals surface area contributed by atoms with Crippen molar-refractivity contribution >= 4 is 33.2 Å². The zero-order chi connectivity index (χ0) is 35.5. The highest BCUT2D eigenvalue weighted by Gasteiger charge is 2.09. The van der Waals surface area contributed by atoms with Gasteiger partial charge >= 0.3 is 0 Å². The maximum absolute atomic E-state index is 12.3. The topological polar surface area (TPSA) is 100.0 Å². The Balaban J connectivity index is 0.000000195. The molecule has 0 radical (unpaired) electrons. The van der Waals surface area contributed by atoms with Gasteiger partial charge in [-0.05, 0) is 67.6 Å². The Morgan fingerprint density at radius 2 is 1.10 bits per heavy atom. The van der Waals surface area contributed by atoms with Gasteiger partial charge in [-0.3, -0.25) is 0 Å². The van der Waals surface area contributed by atoms with E-state index >= 15 is 0 Å². The maximum Gasteiger partial charge on any atom is 0.121 e. The van der Waals surface area contributed by atoms with Gasteiger partial charge < -0.3 is 29.9 Å². The summed E-state index contributed by atoms with van der Waals surface area (Å²) < 4.78 is 35.5. The second-order valence-corrected chi connectivity index (χ2v) is 11.7. The summed E-state index contributed by atoms with van der Waals surface area (Å²) in [5.74, 6) is 1.12. The first-order valence-corrected chi connectivity index (χ1v) is 16.4. The molecule has 260 valence electrons. The average Bonchev–Trinajstić information content (AvgIpc) is 3.18. The number of anilines is 2. The summed E-state index contributed by atoms with van der Waals surface area (Å²) in [5, 5.41) is 23.6. The smallest absolute Gasteiger partial charge is 0.121 e. The number of hydrogen-bond donors (Lipinski definition) is 3. The Kier molecular flexibility index (Phi) is 12.5. The van der Waals surface area contributed by atoms with E-state index in [0.717, 1.165) is 56.6 Å². The SMILES string of the molecule is CCN(C)c1ccc(-c2ccc3ccc(OCC(O)CF)cc3n2)cc1.CNc1ccc(-c2ccc3ccc(OCC(O)CF)cc3n2)cc1. The van der Waals surface area contributed by atoms with Crippen molar-refractivity contribution in [2.75, 3.05) is 57.4 Å². The van der Waals surface area contributed by atoms with Gasteiger partial charge in [0.2, 0.25) is 0 Å². The Morgan fingerprint density at radius 1 is 0.660 bits per heavy atom. The summed E-state index contributed by atoms with van der Waals surface area (Å²) >= 11 is 0. The van der Waals surface area contributed by atoms with Crippen molar-refractivity contribution in [3.63, 3.8) is 0 Å². The molecule has 8 nitrogen and oxygen atoms in total. The van der Waals surface area contributed by atoms with Crippen molar-refractivity contribution in [2.45, 2.75) is 19.1 Å². The van der Waals surface area contributed by atoms with E-state index in [-0.39, 0.29) is 13.2 Å². The first-order chi connectivity index (χ1) is 24.3. The predicted molar refractivity (Wildman–Crippen MR) is 198 cm³/mol. The Morgan fingerprint density at radius 3 is 1.52 bits per heavy atom. The molecule has 0 aliphatic heterocycles. The fourth-order valence-electron chi connectivity index (χ4n) is 5.05. The molecule has 0 spiro atoms. The fourth-order valence-corrected chi connectivity index (χ4v) is 5.05. The average molecular weight is 681 g/mol. The second-order valence-electron chi connectivity index (χ2n) is 11.7. The van der Waals surface area contributed by atoms with Crippen molar-refractivity contribution < 1.29 is 28.5 Å². The van der Waals surface area contributed by atoms with Gasteiger partial charge in [0.25, 0.3) is 0 Å². The maximum atomic E-state index is 12.3. The quantitative estimate of drug-likeness (QED) is 0.114. The Labute approximate surface area is 291 Å². The van der Waals surface area contributed by atoms with Crippen molar-refractivity contribution in [1.82, 2.24) is 9.97 Å². The Hall–Kier alpha value is -5.32. The molecule has 0 aliphatic carbocycles. The molecule has 3 N–H and O–H groups in total. The van der Waals surface area contributed by atoms with Crippen molar-refractivity contribution in [2.24, 2.45) is 0 Å². The molecule has 0 bridgehead atoms. The monoisotopic (exact) mass is 680 g/mol. The molecular formula is C40H42F2N4O4. The molecule has 0 fully saturated rings. The minimum absolute atomic E-state index is 0.0753. The van der Waals surface area contributed by atoms with Crippen LogP contribution in [0.3, 0.4) is 0 Å². The lowest BCUT2D eigenvalue weighted by Crippen LogP contribution is -2.19. The highest BCUT2D eigenvalue weighted by atomic mass is 19.1. The van der Waals surface area contributed by atoms with Gasteiger partial charge in [-0.15, -0.1) is 0 Å². The molecule has 0 saturated heterocycles. The number of nitrogens with one attached hydrogen (secondary N) is 1. The van der Waals surface area contributed by atoms with Crippen molar-refractivity contribution in [1.29, 1.82) is 0 Å². The number of alkyl halides is 2. The van der Waals surface area contributed by atoms with E-state index in [1.165, 1.54) is 5.69 Å². The standard InChI is InChI=1S/C21H23FN2O2.C19H19FN2O2/c1-3-24(2)17-8-4-15(5-9-17)20-11-7-16-6-10-19(12-21(16)23-20)26-14-18(25)13-22;1-21-15-6-2-13(3-7-15)18-9-5-14-4-8-17(10-19(14)22-18)24-12-16(23)11-20/h4-12,18,25H,3,13-14H2,1-2H3;2-10,16,21,23H,11-12H2,1H3. The van der Waals surface area contributed by atoms with Crippen molar-refractivity contribution in [3.05, 3.63) is 109 Å². The number of fused-ring (bicyclic) bond motifs is 2. The minimum Gasteiger partial charge on any atom is -0.491 e. The van der Waals surface area contributed by atoms with Crippen LogP contribution in [-0.4, -0.2) is 79.6 Å². The molecule has 4 aromatic carbocycles. The van der Waals surface area contributed by atoms with Crippen LogP contribution in [0.2, 0.25) is 0 Å². The molecule has 0 amide bonds. The van der Waals surface area contributed by atoms with Crippen LogP contribution in [0.15, 0.2) is 109 Å². The highest BCUT2D eigenvalue weighted by molar-refractivity contribution is 5.84. The lowest BCUT2D eigenvalue weighted by molar-refractivity contribution is 0.0842. The van der Waals surface area contributed by atoms with E-state index in [2.05, 4.69) is 53.4 Å². The number of aliphatic hydroxyl groups is 2. The third-order valence-corrected chi connectivity index (χ3v) is 8.12. The van der Waals surface area contributed by atoms with Gasteiger partial charge in [0.15, 0.2) is 0 Å². The number of aromatic nitrogens is 2. The molecule has 2 unspecified atom stereocenters. The summed E-state index contributed by atoms with van der Waals surface area (Å²) in [4.78, 5) is 11.6. The third-order valence-electron chi connectivity index (χ3n) is 8.12. The van der Waals surface area contributed by atoms with E-state index in [1.54, 1.807) is 18.2 Å². The number of benzene rings is 4. The van der Waals surface area contributed by atoms with E-state index in [9.17, 15) is 19.0 Å². The zero-order valence-corrected chi connectivity index (χ0v) is 28.4. The van der Waals surface area contributed by atoms with Crippen LogP contribution in [0, 0.1) is 0 Å². The first kappa shape index (κ1) is 36.0. The second kappa shape index (κ2) is 17.4. The lowest BCUT2D eigenvalue weighted by Gasteiger charge is -2.16. The van der Waals surface area contributed by atoms with Gasteiger partial charge in [-0.1, -0.05) is 36.4 Å². The number of hydrogen-bond acceptors (Lipinski definition) is 8. The van der Waals surface area contributed by atoms with Gasteiger partial charge in [-0.2, -0.15) is 0 Å². The van der Waals surface area contributed by atoms with Gasteiger partial charge in [-0.25, -0.2) is 18.7 Å². The van der Waals surface area contributed by atoms with Gasteiger partial charge in [0.1, 0.15) is 50.3 Å². The van der Waals surface area contributed by atoms with Crippen LogP contribution in [-0.2, 0) is 0 Å². The molecule has 2 heterocycles. The highest BCUT2D eigenvalue weighted by Crippen LogP contribution is 2.27. The molecule has 2 atom stereocenters. The number of aliphatic hydroxyl groups excluding tert-OH is 2. The number of ether oxygens (including phenoxy) is 2. The first-order valence-electron chi connectivity index (χ1n) is 16.4. The summed E-state index contributed by atoms with van der Waals surface area (Å²) in [6.07, 6.45) is -2.21. The number of nitrogens with zero attached hydrogens (tertiary/aromatic N) is 3. The fraction of sp³-hybridized carbons (Fsp3) is 0.250. The zero-order valence-electron chi connectivity index (χ0n) is 28.4. The molecule has 50 heavy (non-hydrogen) atoms. The molecule has 0 saturated carbocycles. The molecule has 2 aromatic heterocycles. The number of rotatable bonds is 13. The largest absolute Gasteiger partial charge is 0.491 e. The van der Waals surface area contributed by atoms with E-state index in [1.807, 2.05) is 73.8 Å². The van der Waals surface area contributed by atoms with Crippen LogP contribution in [0.4, 0.5) is 20.2 Å². The Bertz CT molecular complexity index is 1980. The van der Waals surface area contributed by atoms with Crippen LogP contribution < -0.4 is 19.7 Å². The van der Waals surface area contributed by atoms with E-state index in [4.69, 9.17) is 14.5 Å². The molecule has 10 heteroatoms. The van der Waals surface area contributed by atoms with Gasteiger partial charge in [0, 0.05) is 66.0 Å². The van der Waals surface area contributed by atoms with Crippen molar-refractivity contribution in [3.8, 4) is 34.0 Å². The van der Waals surface area contributed by atoms with Crippen LogP contribution in [0.25, 0.3) is 44.3 Å². The minimum atomic E-state index is -1.11. The predicted octanol–water partition coefficient (Wildman–Crippen LogP) is 7.72.